The standard InChI is InChI=1S/C22H28N4O3/c1-15-12-20(26(25-15)19-8-10-29-11-9-19)22(28)23-14-16-4-2-7-18(13-16)24-21(27)17-5-3-6-17/h2,4,7,12-13,17,19H,3,5-6,8-11,14H2,1H3,(H,23,28)(H,24,27). The summed E-state index contributed by atoms with van der Waals surface area (Å²) in [6.45, 7) is 3.69. The van der Waals surface area contributed by atoms with E-state index in [2.05, 4.69) is 15.7 Å². The minimum atomic E-state index is -0.138. The van der Waals surface area contributed by atoms with Gasteiger partial charge in [-0.3, -0.25) is 14.3 Å². The lowest BCUT2D eigenvalue weighted by Crippen LogP contribution is -2.29. The van der Waals surface area contributed by atoms with Crippen molar-refractivity contribution in [1.82, 2.24) is 15.1 Å². The Labute approximate surface area is 170 Å². The van der Waals surface area contributed by atoms with E-state index in [4.69, 9.17) is 4.74 Å². The van der Waals surface area contributed by atoms with Crippen LogP contribution in [0.25, 0.3) is 0 Å². The van der Waals surface area contributed by atoms with Crippen LogP contribution in [0.2, 0.25) is 0 Å². The van der Waals surface area contributed by atoms with Gasteiger partial charge in [0.15, 0.2) is 0 Å². The molecule has 0 atom stereocenters. The Bertz CT molecular complexity index is 882. The summed E-state index contributed by atoms with van der Waals surface area (Å²) in [7, 11) is 0. The zero-order valence-corrected chi connectivity index (χ0v) is 16.8. The number of nitrogens with one attached hydrogen (secondary N) is 2. The molecule has 154 valence electrons. The van der Waals surface area contributed by atoms with Crippen molar-refractivity contribution in [1.29, 1.82) is 0 Å². The van der Waals surface area contributed by atoms with E-state index in [1.54, 1.807) is 0 Å². The third kappa shape index (κ3) is 4.67. The minimum Gasteiger partial charge on any atom is -0.381 e. The molecule has 7 heteroatoms. The molecule has 2 fully saturated rings. The van der Waals surface area contributed by atoms with Gasteiger partial charge in [-0.1, -0.05) is 18.6 Å². The summed E-state index contributed by atoms with van der Waals surface area (Å²) in [5, 5.41) is 10.5. The Morgan fingerprint density at radius 1 is 1.17 bits per heavy atom. The molecule has 0 unspecified atom stereocenters. The lowest BCUT2D eigenvalue weighted by Gasteiger charge is -2.24. The van der Waals surface area contributed by atoms with Crippen molar-refractivity contribution >= 4 is 17.5 Å². The van der Waals surface area contributed by atoms with Crippen molar-refractivity contribution < 1.29 is 14.3 Å². The Balaban J connectivity index is 1.38. The van der Waals surface area contributed by atoms with Crippen molar-refractivity contribution in [3.05, 3.63) is 47.3 Å². The number of rotatable bonds is 6. The topological polar surface area (TPSA) is 85.2 Å². The molecule has 0 radical (unpaired) electrons. The maximum Gasteiger partial charge on any atom is 0.269 e. The molecule has 2 aliphatic rings. The Hall–Kier alpha value is -2.67. The number of hydrogen-bond donors (Lipinski definition) is 2. The Kier molecular flexibility index (Phi) is 5.94. The normalized spacial score (nSPS) is 17.6. The zero-order chi connectivity index (χ0) is 20.2. The molecule has 2 heterocycles. The average Bonchev–Trinajstić information content (AvgIpc) is 3.07. The molecule has 2 amide bonds. The molecule has 7 nitrogen and oxygen atoms in total. The summed E-state index contributed by atoms with van der Waals surface area (Å²) in [5.41, 5.74) is 3.14. The number of carbonyl (C=O) groups is 2. The second-order valence-corrected chi connectivity index (χ2v) is 7.96. The summed E-state index contributed by atoms with van der Waals surface area (Å²) in [6, 6.07) is 9.67. The zero-order valence-electron chi connectivity index (χ0n) is 16.8. The highest BCUT2D eigenvalue weighted by molar-refractivity contribution is 5.93. The highest BCUT2D eigenvalue weighted by Crippen LogP contribution is 2.27. The van der Waals surface area contributed by atoms with Crippen LogP contribution in [0, 0.1) is 12.8 Å². The van der Waals surface area contributed by atoms with E-state index in [9.17, 15) is 9.59 Å². The second-order valence-electron chi connectivity index (χ2n) is 7.96. The number of aromatic nitrogens is 2. The number of ether oxygens (including phenoxy) is 1. The first kappa shape index (κ1) is 19.6. The van der Waals surface area contributed by atoms with Gasteiger partial charge in [0.2, 0.25) is 5.91 Å². The van der Waals surface area contributed by atoms with E-state index in [1.165, 1.54) is 0 Å². The van der Waals surface area contributed by atoms with Crippen LogP contribution in [0.5, 0.6) is 0 Å². The molecule has 0 bridgehead atoms. The average molecular weight is 396 g/mol. The van der Waals surface area contributed by atoms with Gasteiger partial charge in [-0.05, 0) is 56.4 Å². The van der Waals surface area contributed by atoms with Crippen molar-refractivity contribution in [3.63, 3.8) is 0 Å². The third-order valence-electron chi connectivity index (χ3n) is 5.75. The van der Waals surface area contributed by atoms with Gasteiger partial charge < -0.3 is 15.4 Å². The lowest BCUT2D eigenvalue weighted by molar-refractivity contribution is -0.122. The largest absolute Gasteiger partial charge is 0.381 e. The highest BCUT2D eigenvalue weighted by atomic mass is 16.5. The fraction of sp³-hybridized carbons (Fsp3) is 0.500. The number of aryl methyl sites for hydroxylation is 1. The molecule has 1 saturated heterocycles. The van der Waals surface area contributed by atoms with E-state index < -0.39 is 0 Å². The van der Waals surface area contributed by atoms with Crippen LogP contribution in [-0.2, 0) is 16.1 Å². The molecule has 2 aromatic rings. The molecule has 1 aliphatic heterocycles. The fourth-order valence-corrected chi connectivity index (χ4v) is 3.84. The van der Waals surface area contributed by atoms with E-state index >= 15 is 0 Å². The summed E-state index contributed by atoms with van der Waals surface area (Å²) in [4.78, 5) is 25.0. The van der Waals surface area contributed by atoms with Gasteiger partial charge in [0.05, 0.1) is 11.7 Å². The minimum absolute atomic E-state index is 0.0910. The highest BCUT2D eigenvalue weighted by Gasteiger charge is 2.25. The van der Waals surface area contributed by atoms with Crippen LogP contribution in [0.1, 0.15) is 59.9 Å². The second kappa shape index (κ2) is 8.78. The molecular weight excluding hydrogens is 368 g/mol. The van der Waals surface area contributed by atoms with Crippen LogP contribution in [-0.4, -0.2) is 34.8 Å². The molecule has 1 aromatic heterocycles. The number of benzene rings is 1. The summed E-state index contributed by atoms with van der Waals surface area (Å²) in [6.07, 6.45) is 4.81. The van der Waals surface area contributed by atoms with E-state index in [0.29, 0.717) is 25.5 Å². The molecule has 29 heavy (non-hydrogen) atoms. The first-order valence-electron chi connectivity index (χ1n) is 10.4. The first-order valence-corrected chi connectivity index (χ1v) is 10.4. The molecule has 2 N–H and O–H groups in total. The van der Waals surface area contributed by atoms with Gasteiger partial charge in [0.1, 0.15) is 5.69 Å². The summed E-state index contributed by atoms with van der Waals surface area (Å²) < 4.78 is 7.28. The van der Waals surface area contributed by atoms with Crippen molar-refractivity contribution in [2.75, 3.05) is 18.5 Å². The number of nitrogens with zero attached hydrogens (tertiary/aromatic N) is 2. The number of carbonyl (C=O) groups excluding carboxylic acids is 2. The SMILES string of the molecule is Cc1cc(C(=O)NCc2cccc(NC(=O)C3CCC3)c2)n(C2CCOCC2)n1. The van der Waals surface area contributed by atoms with Crippen molar-refractivity contribution in [3.8, 4) is 0 Å². The van der Waals surface area contributed by atoms with Gasteiger partial charge in [-0.15, -0.1) is 0 Å². The van der Waals surface area contributed by atoms with Crippen LogP contribution in [0.3, 0.4) is 0 Å². The van der Waals surface area contributed by atoms with Gasteiger partial charge >= 0.3 is 0 Å². The quantitative estimate of drug-likeness (QED) is 0.785. The van der Waals surface area contributed by atoms with Gasteiger partial charge in [-0.2, -0.15) is 5.10 Å². The van der Waals surface area contributed by atoms with Crippen LogP contribution in [0.4, 0.5) is 5.69 Å². The maximum atomic E-state index is 12.8. The third-order valence-corrected chi connectivity index (χ3v) is 5.75. The molecule has 4 rings (SSSR count). The predicted octanol–water partition coefficient (Wildman–Crippen LogP) is 3.21. The number of amides is 2. The van der Waals surface area contributed by atoms with E-state index in [1.807, 2.05) is 41.9 Å². The predicted molar refractivity (Wildman–Crippen MR) is 110 cm³/mol. The summed E-state index contributed by atoms with van der Waals surface area (Å²) >= 11 is 0. The Morgan fingerprint density at radius 2 is 1.97 bits per heavy atom. The van der Waals surface area contributed by atoms with Crippen LogP contribution in [0.15, 0.2) is 30.3 Å². The number of hydrogen-bond acceptors (Lipinski definition) is 4. The van der Waals surface area contributed by atoms with Gasteiger partial charge in [0.25, 0.3) is 5.91 Å². The smallest absolute Gasteiger partial charge is 0.269 e. The molecule has 1 aromatic carbocycles. The summed E-state index contributed by atoms with van der Waals surface area (Å²) in [5.74, 6) is 0.0985. The van der Waals surface area contributed by atoms with Gasteiger partial charge in [0, 0.05) is 31.4 Å². The van der Waals surface area contributed by atoms with Gasteiger partial charge in [-0.25, -0.2) is 0 Å². The van der Waals surface area contributed by atoms with Crippen LogP contribution < -0.4 is 10.6 Å². The molecule has 1 saturated carbocycles. The lowest BCUT2D eigenvalue weighted by atomic mass is 9.85. The van der Waals surface area contributed by atoms with Crippen molar-refractivity contribution in [2.45, 2.75) is 51.6 Å². The monoisotopic (exact) mass is 396 g/mol. The van der Waals surface area contributed by atoms with Crippen LogP contribution >= 0.6 is 0 Å². The molecule has 0 spiro atoms. The molecular formula is C22H28N4O3. The van der Waals surface area contributed by atoms with Crippen molar-refractivity contribution in [2.24, 2.45) is 5.92 Å². The maximum absolute atomic E-state index is 12.8. The first-order chi connectivity index (χ1) is 14.1. The number of anilines is 1. The Morgan fingerprint density at radius 3 is 2.69 bits per heavy atom. The van der Waals surface area contributed by atoms with E-state index in [-0.39, 0.29) is 23.8 Å². The van der Waals surface area contributed by atoms with E-state index in [0.717, 1.165) is 49.0 Å². The fourth-order valence-electron chi connectivity index (χ4n) is 3.84. The molecule has 1 aliphatic carbocycles.